The van der Waals surface area contributed by atoms with E-state index in [1.54, 1.807) is 6.07 Å². The fourth-order valence-corrected chi connectivity index (χ4v) is 1.33. The van der Waals surface area contributed by atoms with E-state index in [-0.39, 0.29) is 5.43 Å². The first-order valence-corrected chi connectivity index (χ1v) is 4.69. The lowest BCUT2D eigenvalue weighted by atomic mass is 10.0. The van der Waals surface area contributed by atoms with Crippen molar-refractivity contribution in [2.75, 3.05) is 0 Å². The highest BCUT2D eigenvalue weighted by Crippen LogP contribution is 2.04. The fraction of sp³-hybridized carbons (Fsp3) is 0.417. The van der Waals surface area contributed by atoms with Crippen LogP contribution in [0.15, 0.2) is 29.1 Å². The summed E-state index contributed by atoms with van der Waals surface area (Å²) in [6.07, 6.45) is 0.976. The molecule has 0 saturated carbocycles. The fourth-order valence-electron chi connectivity index (χ4n) is 1.33. The Kier molecular flexibility index (Phi) is 3.24. The molecule has 0 bridgehead atoms. The average Bonchev–Trinajstić information content (AvgIpc) is 2.14. The third-order valence-electron chi connectivity index (χ3n) is 2.01. The smallest absolute Gasteiger partial charge is 0.181 e. The van der Waals surface area contributed by atoms with Gasteiger partial charge in [-0.3, -0.25) is 4.79 Å². The number of hydrogen-bond acceptors (Lipinski definition) is 1. The van der Waals surface area contributed by atoms with Crippen molar-refractivity contribution in [3.8, 4) is 0 Å². The van der Waals surface area contributed by atoms with Crippen molar-refractivity contribution in [3.63, 3.8) is 0 Å². The molecule has 0 N–H and O–H groups in total. The first kappa shape index (κ1) is 9.97. The molecule has 0 atom stereocenters. The van der Waals surface area contributed by atoms with Crippen LogP contribution < -0.4 is 5.43 Å². The quantitative estimate of drug-likeness (QED) is 0.676. The second kappa shape index (κ2) is 4.22. The van der Waals surface area contributed by atoms with Gasteiger partial charge in [0.1, 0.15) is 0 Å². The van der Waals surface area contributed by atoms with Crippen LogP contribution in [0.5, 0.6) is 0 Å². The average molecular weight is 176 g/mol. The first-order valence-electron chi connectivity index (χ1n) is 4.69. The van der Waals surface area contributed by atoms with E-state index in [1.165, 1.54) is 0 Å². The zero-order valence-electron chi connectivity index (χ0n) is 8.50. The van der Waals surface area contributed by atoms with Gasteiger partial charge in [0, 0.05) is 0 Å². The molecule has 1 nitrogen and oxygen atoms in total. The predicted molar refractivity (Wildman–Crippen MR) is 56.0 cm³/mol. The van der Waals surface area contributed by atoms with E-state index in [1.807, 2.05) is 25.1 Å². The summed E-state index contributed by atoms with van der Waals surface area (Å²) in [7, 11) is 0. The van der Waals surface area contributed by atoms with E-state index in [0.717, 1.165) is 17.5 Å². The van der Waals surface area contributed by atoms with Gasteiger partial charge in [0.2, 0.25) is 0 Å². The van der Waals surface area contributed by atoms with Gasteiger partial charge in [0.25, 0.3) is 0 Å². The van der Waals surface area contributed by atoms with Crippen molar-refractivity contribution in [2.45, 2.75) is 27.2 Å². The summed E-state index contributed by atoms with van der Waals surface area (Å²) in [5.74, 6) is 0.599. The Balaban J connectivity index is 3.07. The molecule has 0 radical (unpaired) electrons. The Morgan fingerprint density at radius 2 is 2.00 bits per heavy atom. The number of hydrogen-bond donors (Lipinski definition) is 0. The van der Waals surface area contributed by atoms with Gasteiger partial charge in [-0.15, -0.1) is 0 Å². The molecule has 0 aliphatic rings. The maximum atomic E-state index is 11.4. The summed E-state index contributed by atoms with van der Waals surface area (Å²) < 4.78 is 0. The lowest BCUT2D eigenvalue weighted by Crippen LogP contribution is -2.01. The molecule has 1 aromatic carbocycles. The molecular weight excluding hydrogens is 160 g/mol. The first-order chi connectivity index (χ1) is 6.09. The van der Waals surface area contributed by atoms with Crippen molar-refractivity contribution in [3.05, 3.63) is 45.6 Å². The van der Waals surface area contributed by atoms with Gasteiger partial charge in [-0.2, -0.15) is 0 Å². The van der Waals surface area contributed by atoms with Crippen LogP contribution in [0.1, 0.15) is 25.0 Å². The van der Waals surface area contributed by atoms with Crippen molar-refractivity contribution >= 4 is 0 Å². The summed E-state index contributed by atoms with van der Waals surface area (Å²) in [6, 6.07) is 7.59. The normalized spacial score (nSPS) is 10.5. The van der Waals surface area contributed by atoms with Crippen LogP contribution in [0.2, 0.25) is 0 Å². The molecule has 0 heterocycles. The third kappa shape index (κ3) is 3.02. The molecule has 0 unspecified atom stereocenters. The van der Waals surface area contributed by atoms with Crippen molar-refractivity contribution < 1.29 is 0 Å². The van der Waals surface area contributed by atoms with Gasteiger partial charge in [-0.1, -0.05) is 32.0 Å². The maximum Gasteiger partial charge on any atom is 0.181 e. The van der Waals surface area contributed by atoms with Gasteiger partial charge in [-0.05, 0) is 36.5 Å². The predicted octanol–water partition coefficient (Wildman–Crippen LogP) is 2.55. The molecule has 70 valence electrons. The molecule has 0 fully saturated rings. The van der Waals surface area contributed by atoms with E-state index in [4.69, 9.17) is 0 Å². The van der Waals surface area contributed by atoms with Crippen LogP contribution in [0, 0.1) is 12.8 Å². The molecule has 1 heteroatoms. The largest absolute Gasteiger partial charge is 0.290 e. The number of aryl methyl sites for hydroxylation is 1. The highest BCUT2D eigenvalue weighted by atomic mass is 16.1. The van der Waals surface area contributed by atoms with E-state index >= 15 is 0 Å². The van der Waals surface area contributed by atoms with E-state index in [0.29, 0.717) is 5.92 Å². The Hall–Kier alpha value is -1.11. The Morgan fingerprint density at radius 1 is 1.31 bits per heavy atom. The summed E-state index contributed by atoms with van der Waals surface area (Å²) in [5, 5.41) is 0. The Bertz CT molecular complexity index is 339. The van der Waals surface area contributed by atoms with Crippen LogP contribution in [-0.4, -0.2) is 0 Å². The van der Waals surface area contributed by atoms with Gasteiger partial charge in [-0.25, -0.2) is 0 Å². The number of rotatable bonds is 2. The lowest BCUT2D eigenvalue weighted by molar-refractivity contribution is 0.647. The molecule has 0 amide bonds. The molecule has 13 heavy (non-hydrogen) atoms. The molecule has 0 saturated heterocycles. The second-order valence-corrected chi connectivity index (χ2v) is 3.89. The molecular formula is C12H16O. The van der Waals surface area contributed by atoms with Gasteiger partial charge in [0.15, 0.2) is 5.43 Å². The van der Waals surface area contributed by atoms with Gasteiger partial charge < -0.3 is 0 Å². The Morgan fingerprint density at radius 3 is 2.62 bits per heavy atom. The van der Waals surface area contributed by atoms with Crippen molar-refractivity contribution in [1.29, 1.82) is 0 Å². The maximum absolute atomic E-state index is 11.4. The van der Waals surface area contributed by atoms with Crippen LogP contribution in [0.3, 0.4) is 0 Å². The van der Waals surface area contributed by atoms with Gasteiger partial charge in [0.05, 0.1) is 0 Å². The molecule has 0 aromatic heterocycles. The molecule has 0 aliphatic heterocycles. The zero-order valence-corrected chi connectivity index (χ0v) is 8.50. The minimum absolute atomic E-state index is 0.139. The van der Waals surface area contributed by atoms with E-state index in [9.17, 15) is 4.79 Å². The summed E-state index contributed by atoms with van der Waals surface area (Å²) in [6.45, 7) is 6.16. The molecule has 1 aromatic rings. The molecule has 0 spiro atoms. The topological polar surface area (TPSA) is 17.1 Å². The zero-order chi connectivity index (χ0) is 9.84. The van der Waals surface area contributed by atoms with Crippen LogP contribution in [0.4, 0.5) is 0 Å². The van der Waals surface area contributed by atoms with Crippen LogP contribution in [0.25, 0.3) is 0 Å². The SMILES string of the molecule is Cc1cccc(CC(C)C)cc1=O. The molecule has 1 rings (SSSR count). The third-order valence-corrected chi connectivity index (χ3v) is 2.01. The molecule has 0 aliphatic carbocycles. The summed E-state index contributed by atoms with van der Waals surface area (Å²) >= 11 is 0. The van der Waals surface area contributed by atoms with Crippen LogP contribution >= 0.6 is 0 Å². The van der Waals surface area contributed by atoms with Gasteiger partial charge >= 0.3 is 0 Å². The minimum Gasteiger partial charge on any atom is -0.290 e. The second-order valence-electron chi connectivity index (χ2n) is 3.89. The van der Waals surface area contributed by atoms with E-state index in [2.05, 4.69) is 13.8 Å². The highest BCUT2D eigenvalue weighted by Gasteiger charge is 1.97. The summed E-state index contributed by atoms with van der Waals surface area (Å²) in [5.41, 5.74) is 2.09. The standard InChI is InChI=1S/C12H16O/c1-9(2)7-11-6-4-5-10(3)12(13)8-11/h4-6,8-9H,7H2,1-3H3. The van der Waals surface area contributed by atoms with Crippen molar-refractivity contribution in [2.24, 2.45) is 5.92 Å². The van der Waals surface area contributed by atoms with E-state index < -0.39 is 0 Å². The minimum atomic E-state index is 0.139. The van der Waals surface area contributed by atoms with Crippen LogP contribution in [-0.2, 0) is 6.42 Å². The lowest BCUT2D eigenvalue weighted by Gasteiger charge is -2.00. The monoisotopic (exact) mass is 176 g/mol. The Labute approximate surface area is 79.4 Å². The summed E-state index contributed by atoms with van der Waals surface area (Å²) in [4.78, 5) is 11.4. The van der Waals surface area contributed by atoms with Crippen molar-refractivity contribution in [1.82, 2.24) is 0 Å². The highest BCUT2D eigenvalue weighted by molar-refractivity contribution is 5.19.